The number of amides is 1. The zero-order valence-corrected chi connectivity index (χ0v) is 16.6. The molecule has 1 fully saturated rings. The lowest BCUT2D eigenvalue weighted by atomic mass is 10.2. The van der Waals surface area contributed by atoms with Gasteiger partial charge in [-0.1, -0.05) is 18.2 Å². The van der Waals surface area contributed by atoms with E-state index in [-0.39, 0.29) is 23.8 Å². The summed E-state index contributed by atoms with van der Waals surface area (Å²) in [5, 5.41) is 8.91. The molecule has 1 aliphatic heterocycles. The second kappa shape index (κ2) is 10.00. The van der Waals surface area contributed by atoms with Crippen LogP contribution in [0.1, 0.15) is 16.8 Å². The first-order chi connectivity index (χ1) is 14.5. The molecule has 0 radical (unpaired) electrons. The van der Waals surface area contributed by atoms with E-state index >= 15 is 0 Å². The second-order valence-electron chi connectivity index (χ2n) is 6.88. The molecule has 0 bridgehead atoms. The monoisotopic (exact) mass is 419 g/mol. The summed E-state index contributed by atoms with van der Waals surface area (Å²) >= 11 is 0. The third-order valence-electron chi connectivity index (χ3n) is 4.83. The number of benzene rings is 2. The number of guanidine groups is 1. The summed E-state index contributed by atoms with van der Waals surface area (Å²) in [5.74, 6) is -1.71. The van der Waals surface area contributed by atoms with Crippen molar-refractivity contribution in [3.63, 3.8) is 0 Å². The van der Waals surface area contributed by atoms with E-state index in [4.69, 9.17) is 0 Å². The Balaban J connectivity index is 1.44. The summed E-state index contributed by atoms with van der Waals surface area (Å²) in [4.78, 5) is 17.8. The van der Waals surface area contributed by atoms with Crippen molar-refractivity contribution in [2.75, 3.05) is 38.1 Å². The van der Waals surface area contributed by atoms with Crippen LogP contribution >= 0.6 is 0 Å². The second-order valence-corrected chi connectivity index (χ2v) is 6.88. The van der Waals surface area contributed by atoms with Crippen LogP contribution in [0.2, 0.25) is 0 Å². The van der Waals surface area contributed by atoms with Crippen molar-refractivity contribution in [3.8, 4) is 0 Å². The highest BCUT2D eigenvalue weighted by Gasteiger charge is 2.27. The highest BCUT2D eigenvalue weighted by atomic mass is 19.1. The summed E-state index contributed by atoms with van der Waals surface area (Å²) in [6, 6.07) is 9.57. The van der Waals surface area contributed by atoms with Gasteiger partial charge in [0.1, 0.15) is 23.1 Å². The van der Waals surface area contributed by atoms with E-state index in [0.717, 1.165) is 0 Å². The van der Waals surface area contributed by atoms with E-state index in [1.807, 2.05) is 0 Å². The van der Waals surface area contributed by atoms with E-state index in [1.54, 1.807) is 18.0 Å². The van der Waals surface area contributed by atoms with E-state index in [0.29, 0.717) is 32.0 Å². The Hall–Kier alpha value is -3.23. The molecule has 6 nitrogen and oxygen atoms in total. The van der Waals surface area contributed by atoms with Crippen LogP contribution in [0.25, 0.3) is 0 Å². The molecule has 1 saturated heterocycles. The number of carbonyl (C=O) groups excluding carboxylic acids is 1. The maximum atomic E-state index is 14.0. The Kier molecular flexibility index (Phi) is 7.16. The first-order valence-electron chi connectivity index (χ1n) is 9.68. The van der Waals surface area contributed by atoms with Gasteiger partial charge in [-0.05, 0) is 30.7 Å². The van der Waals surface area contributed by atoms with Gasteiger partial charge >= 0.3 is 0 Å². The van der Waals surface area contributed by atoms with E-state index in [2.05, 4.69) is 20.9 Å². The molecule has 9 heteroatoms. The van der Waals surface area contributed by atoms with Gasteiger partial charge in [0, 0.05) is 39.3 Å². The predicted molar refractivity (Wildman–Crippen MR) is 110 cm³/mol. The van der Waals surface area contributed by atoms with E-state index < -0.39 is 23.4 Å². The van der Waals surface area contributed by atoms with Crippen LogP contribution in [0.5, 0.6) is 0 Å². The summed E-state index contributed by atoms with van der Waals surface area (Å²) in [7, 11) is 1.61. The Morgan fingerprint density at radius 2 is 1.70 bits per heavy atom. The molecule has 3 rings (SSSR count). The van der Waals surface area contributed by atoms with Gasteiger partial charge in [0.25, 0.3) is 5.91 Å². The topological polar surface area (TPSA) is 68.8 Å². The number of hydrogen-bond donors (Lipinski definition) is 3. The maximum Gasteiger partial charge on any atom is 0.254 e. The van der Waals surface area contributed by atoms with Gasteiger partial charge in [0.05, 0.1) is 5.56 Å². The van der Waals surface area contributed by atoms with Crippen molar-refractivity contribution in [1.82, 2.24) is 16.0 Å². The quantitative estimate of drug-likeness (QED) is 0.382. The van der Waals surface area contributed by atoms with Gasteiger partial charge in [0.15, 0.2) is 5.96 Å². The molecule has 0 saturated carbocycles. The Morgan fingerprint density at radius 1 is 1.03 bits per heavy atom. The standard InChI is InChI=1S/C21H24F3N5O/c1-25-21(27-11-10-26-20(30)15-5-2-3-6-16(15)22)28-14-9-12-29(13-14)19-17(23)7-4-8-18(19)24/h2-8,14H,9-13H2,1H3,(H,26,30)(H2,25,27,28). The molecule has 3 N–H and O–H groups in total. The first-order valence-corrected chi connectivity index (χ1v) is 9.68. The third kappa shape index (κ3) is 5.22. The Labute approximate surface area is 173 Å². The molecule has 1 unspecified atom stereocenters. The number of carbonyl (C=O) groups is 1. The number of nitrogens with one attached hydrogen (secondary N) is 3. The fraction of sp³-hybridized carbons (Fsp3) is 0.333. The number of para-hydroxylation sites is 1. The minimum absolute atomic E-state index is 0.00793. The van der Waals surface area contributed by atoms with Gasteiger partial charge in [-0.25, -0.2) is 13.2 Å². The number of hydrogen-bond acceptors (Lipinski definition) is 3. The molecule has 1 amide bonds. The van der Waals surface area contributed by atoms with Gasteiger partial charge in [-0.3, -0.25) is 9.79 Å². The Morgan fingerprint density at radius 3 is 2.40 bits per heavy atom. The minimum Gasteiger partial charge on any atom is -0.365 e. The molecule has 1 heterocycles. The van der Waals surface area contributed by atoms with Crippen LogP contribution in [0.15, 0.2) is 47.5 Å². The largest absolute Gasteiger partial charge is 0.365 e. The first kappa shape index (κ1) is 21.5. The molecule has 0 aliphatic carbocycles. The molecular formula is C21H24F3N5O. The average molecular weight is 419 g/mol. The van der Waals surface area contributed by atoms with Gasteiger partial charge in [-0.2, -0.15) is 0 Å². The smallest absolute Gasteiger partial charge is 0.254 e. The van der Waals surface area contributed by atoms with E-state index in [1.165, 1.54) is 36.4 Å². The van der Waals surface area contributed by atoms with Crippen molar-refractivity contribution in [2.24, 2.45) is 4.99 Å². The van der Waals surface area contributed by atoms with Gasteiger partial charge in [-0.15, -0.1) is 0 Å². The molecular weight excluding hydrogens is 395 g/mol. The molecule has 1 atom stereocenters. The lowest BCUT2D eigenvalue weighted by molar-refractivity contribution is 0.0950. The van der Waals surface area contributed by atoms with Crippen molar-refractivity contribution in [1.29, 1.82) is 0 Å². The summed E-state index contributed by atoms with van der Waals surface area (Å²) in [6.45, 7) is 1.59. The van der Waals surface area contributed by atoms with Crippen LogP contribution in [0.3, 0.4) is 0 Å². The molecule has 2 aromatic rings. The summed E-state index contributed by atoms with van der Waals surface area (Å²) < 4.78 is 41.6. The molecule has 0 spiro atoms. The Bertz CT molecular complexity index is 901. The summed E-state index contributed by atoms with van der Waals surface area (Å²) in [6.07, 6.45) is 0.693. The predicted octanol–water partition coefficient (Wildman–Crippen LogP) is 2.28. The highest BCUT2D eigenvalue weighted by molar-refractivity contribution is 5.94. The number of anilines is 1. The molecule has 30 heavy (non-hydrogen) atoms. The van der Waals surface area contributed by atoms with Crippen LogP contribution in [0, 0.1) is 17.5 Å². The van der Waals surface area contributed by atoms with Crippen molar-refractivity contribution < 1.29 is 18.0 Å². The number of rotatable bonds is 6. The molecule has 160 valence electrons. The molecule has 0 aromatic heterocycles. The lowest BCUT2D eigenvalue weighted by Gasteiger charge is -2.21. The number of nitrogens with zero attached hydrogens (tertiary/aromatic N) is 2. The lowest BCUT2D eigenvalue weighted by Crippen LogP contribution is -2.46. The fourth-order valence-electron chi connectivity index (χ4n) is 3.36. The zero-order valence-electron chi connectivity index (χ0n) is 16.6. The van der Waals surface area contributed by atoms with Crippen molar-refractivity contribution in [2.45, 2.75) is 12.5 Å². The minimum atomic E-state index is -0.580. The van der Waals surface area contributed by atoms with Crippen LogP contribution < -0.4 is 20.9 Å². The SMILES string of the molecule is CN=C(NCCNC(=O)c1ccccc1F)NC1CCN(c2c(F)cccc2F)C1. The maximum absolute atomic E-state index is 14.0. The fourth-order valence-corrected chi connectivity index (χ4v) is 3.36. The summed E-state index contributed by atoms with van der Waals surface area (Å²) in [5.41, 5.74) is -0.0213. The van der Waals surface area contributed by atoms with E-state index in [9.17, 15) is 18.0 Å². The van der Waals surface area contributed by atoms with Crippen molar-refractivity contribution >= 4 is 17.6 Å². The van der Waals surface area contributed by atoms with Gasteiger partial charge < -0.3 is 20.9 Å². The normalized spacial score (nSPS) is 16.5. The average Bonchev–Trinajstić information content (AvgIpc) is 3.18. The number of halogens is 3. The van der Waals surface area contributed by atoms with Gasteiger partial charge in [0.2, 0.25) is 0 Å². The molecule has 2 aromatic carbocycles. The zero-order chi connectivity index (χ0) is 21.5. The third-order valence-corrected chi connectivity index (χ3v) is 4.83. The van der Waals surface area contributed by atoms with Crippen LogP contribution in [0.4, 0.5) is 18.9 Å². The highest BCUT2D eigenvalue weighted by Crippen LogP contribution is 2.26. The number of aliphatic imine (C=N–C) groups is 1. The molecule has 1 aliphatic rings. The van der Waals surface area contributed by atoms with Crippen LogP contribution in [-0.2, 0) is 0 Å². The van der Waals surface area contributed by atoms with Crippen molar-refractivity contribution in [3.05, 3.63) is 65.5 Å². The van der Waals surface area contributed by atoms with Crippen LogP contribution in [-0.4, -0.2) is 51.1 Å².